The Kier molecular flexibility index (Phi) is 3.72. The Hall–Kier alpha value is -2.47. The number of hydrogen-bond donors (Lipinski definition) is 3. The smallest absolute Gasteiger partial charge is 0.322 e. The maximum Gasteiger partial charge on any atom is 0.322 e. The molecule has 1 aromatic carbocycles. The molecule has 0 spiro atoms. The van der Waals surface area contributed by atoms with Crippen LogP contribution in [-0.4, -0.2) is 20.9 Å². The molecule has 2 rings (SSSR count). The third-order valence-electron chi connectivity index (χ3n) is 2.40. The van der Waals surface area contributed by atoms with Gasteiger partial charge >= 0.3 is 6.01 Å². The van der Waals surface area contributed by atoms with Gasteiger partial charge in [-0.3, -0.25) is 5.41 Å². The van der Waals surface area contributed by atoms with Gasteiger partial charge in [0.1, 0.15) is 17.3 Å². The molecule has 0 radical (unpaired) electrons. The van der Waals surface area contributed by atoms with Crippen molar-refractivity contribution in [1.29, 1.82) is 5.41 Å². The van der Waals surface area contributed by atoms with E-state index >= 15 is 0 Å². The lowest BCUT2D eigenvalue weighted by Gasteiger charge is -2.07. The van der Waals surface area contributed by atoms with Crippen LogP contribution >= 0.6 is 0 Å². The minimum absolute atomic E-state index is 0.0649. The molecular weight excluding hydrogens is 244 g/mol. The number of nitrogens with two attached hydrogens (primary N) is 1. The van der Waals surface area contributed by atoms with Gasteiger partial charge in [0.05, 0.1) is 6.61 Å². The van der Waals surface area contributed by atoms with Crippen molar-refractivity contribution in [3.8, 4) is 11.8 Å². The molecule has 4 N–H and O–H groups in total. The van der Waals surface area contributed by atoms with Gasteiger partial charge in [-0.2, -0.15) is 4.98 Å². The summed E-state index contributed by atoms with van der Waals surface area (Å²) < 4.78 is 5.51. The van der Waals surface area contributed by atoms with Crippen molar-refractivity contribution in [2.24, 2.45) is 5.73 Å². The van der Waals surface area contributed by atoms with Gasteiger partial charge < -0.3 is 15.6 Å². The van der Waals surface area contributed by atoms with Gasteiger partial charge in [-0.15, -0.1) is 0 Å². The summed E-state index contributed by atoms with van der Waals surface area (Å²) in [6, 6.07) is 8.71. The Morgan fingerprint density at radius 3 is 2.84 bits per heavy atom. The highest BCUT2D eigenvalue weighted by Gasteiger charge is 2.07. The maximum absolute atomic E-state index is 9.06. The monoisotopic (exact) mass is 258 g/mol. The molecule has 0 saturated heterocycles. The summed E-state index contributed by atoms with van der Waals surface area (Å²) in [6.07, 6.45) is 0. The average molecular weight is 258 g/mol. The Balaban J connectivity index is 2.29. The molecule has 6 heteroatoms. The summed E-state index contributed by atoms with van der Waals surface area (Å²) >= 11 is 0. The molecular formula is C13H14N4O2. The van der Waals surface area contributed by atoms with Gasteiger partial charge in [-0.1, -0.05) is 12.1 Å². The summed E-state index contributed by atoms with van der Waals surface area (Å²) in [5.74, 6) is 0.381. The number of nitrogen functional groups attached to an aromatic ring is 1. The first-order valence-electron chi connectivity index (χ1n) is 5.66. The molecule has 0 aliphatic carbocycles. The highest BCUT2D eigenvalue weighted by atomic mass is 16.5. The minimum Gasteiger partial charge on any atom is -0.424 e. The first-order valence-corrected chi connectivity index (χ1v) is 5.66. The van der Waals surface area contributed by atoms with Crippen LogP contribution in [0, 0.1) is 12.3 Å². The molecule has 98 valence electrons. The quantitative estimate of drug-likeness (QED) is 0.567. The molecule has 2 aromatic rings. The van der Waals surface area contributed by atoms with Gasteiger partial charge in [0.25, 0.3) is 0 Å². The number of nitrogens with zero attached hydrogens (tertiary/aromatic N) is 2. The van der Waals surface area contributed by atoms with Gasteiger partial charge in [0.2, 0.25) is 0 Å². The molecule has 6 nitrogen and oxygen atoms in total. The number of benzene rings is 1. The second-order valence-corrected chi connectivity index (χ2v) is 4.00. The standard InChI is InChI=1S/C13H14N4O2/c1-8-5-11(12(14)15)17-13(16-8)19-10-4-2-3-9(6-10)7-18/h2-6,18H,7H2,1H3,(H3,14,15). The van der Waals surface area contributed by atoms with Crippen molar-refractivity contribution < 1.29 is 9.84 Å². The van der Waals surface area contributed by atoms with Crippen molar-refractivity contribution >= 4 is 5.84 Å². The van der Waals surface area contributed by atoms with E-state index in [9.17, 15) is 0 Å². The molecule has 0 unspecified atom stereocenters. The first kappa shape index (κ1) is 13.0. The molecule has 0 bridgehead atoms. The molecule has 0 amide bonds. The largest absolute Gasteiger partial charge is 0.424 e. The van der Waals surface area contributed by atoms with Crippen molar-refractivity contribution in [2.45, 2.75) is 13.5 Å². The lowest BCUT2D eigenvalue weighted by atomic mass is 10.2. The van der Waals surface area contributed by atoms with Crippen LogP contribution in [0.2, 0.25) is 0 Å². The summed E-state index contributed by atoms with van der Waals surface area (Å²) in [4.78, 5) is 8.16. The number of ether oxygens (including phenoxy) is 1. The normalized spacial score (nSPS) is 10.2. The fourth-order valence-corrected chi connectivity index (χ4v) is 1.54. The zero-order chi connectivity index (χ0) is 13.8. The van der Waals surface area contributed by atoms with Gasteiger partial charge in [-0.05, 0) is 30.7 Å². The van der Waals surface area contributed by atoms with E-state index in [4.69, 9.17) is 21.0 Å². The van der Waals surface area contributed by atoms with Crippen LogP contribution < -0.4 is 10.5 Å². The molecule has 0 saturated carbocycles. The SMILES string of the molecule is Cc1cc(C(=N)N)nc(Oc2cccc(CO)c2)n1. The fraction of sp³-hybridized carbons (Fsp3) is 0.154. The summed E-state index contributed by atoms with van der Waals surface area (Å²) in [5, 5.41) is 16.4. The summed E-state index contributed by atoms with van der Waals surface area (Å²) in [5.41, 5.74) is 7.11. The van der Waals surface area contributed by atoms with Crippen molar-refractivity contribution in [3.05, 3.63) is 47.3 Å². The number of aliphatic hydroxyl groups excluding tert-OH is 1. The lowest BCUT2D eigenvalue weighted by Crippen LogP contribution is -2.14. The summed E-state index contributed by atoms with van der Waals surface area (Å²) in [6.45, 7) is 1.70. The number of aryl methyl sites for hydroxylation is 1. The van der Waals surface area contributed by atoms with Crippen LogP contribution in [0.25, 0.3) is 0 Å². The zero-order valence-corrected chi connectivity index (χ0v) is 10.4. The molecule has 0 aliphatic rings. The predicted octanol–water partition coefficient (Wildman–Crippen LogP) is 1.35. The van der Waals surface area contributed by atoms with E-state index < -0.39 is 0 Å². The number of aromatic nitrogens is 2. The molecule has 0 fully saturated rings. The van der Waals surface area contributed by atoms with E-state index in [0.717, 1.165) is 5.56 Å². The van der Waals surface area contributed by atoms with Crippen molar-refractivity contribution in [3.63, 3.8) is 0 Å². The highest BCUT2D eigenvalue weighted by molar-refractivity contribution is 5.93. The maximum atomic E-state index is 9.06. The minimum atomic E-state index is -0.139. The Morgan fingerprint density at radius 2 is 2.16 bits per heavy atom. The van der Waals surface area contributed by atoms with Gasteiger partial charge in [0, 0.05) is 5.69 Å². The molecule has 1 heterocycles. The topological polar surface area (TPSA) is 105 Å². The predicted molar refractivity (Wildman–Crippen MR) is 70.2 cm³/mol. The van der Waals surface area contributed by atoms with Crippen LogP contribution in [0.3, 0.4) is 0 Å². The zero-order valence-electron chi connectivity index (χ0n) is 10.4. The Bertz CT molecular complexity index is 613. The van der Waals surface area contributed by atoms with Crippen molar-refractivity contribution in [1.82, 2.24) is 9.97 Å². The number of aliphatic hydroxyl groups is 1. The second-order valence-electron chi connectivity index (χ2n) is 4.00. The van der Waals surface area contributed by atoms with E-state index in [1.165, 1.54) is 0 Å². The Labute approximate surface area is 110 Å². The third kappa shape index (κ3) is 3.26. The van der Waals surface area contributed by atoms with Crippen LogP contribution in [0.5, 0.6) is 11.8 Å². The molecule has 0 aliphatic heterocycles. The van der Waals surface area contributed by atoms with E-state index in [1.54, 1.807) is 37.3 Å². The van der Waals surface area contributed by atoms with Crippen LogP contribution in [0.4, 0.5) is 0 Å². The van der Waals surface area contributed by atoms with Crippen LogP contribution in [-0.2, 0) is 6.61 Å². The van der Waals surface area contributed by atoms with Gasteiger partial charge in [-0.25, -0.2) is 4.98 Å². The second kappa shape index (κ2) is 5.45. The average Bonchev–Trinajstić information content (AvgIpc) is 2.38. The third-order valence-corrected chi connectivity index (χ3v) is 2.40. The van der Waals surface area contributed by atoms with E-state index in [1.807, 2.05) is 0 Å². The first-order chi connectivity index (χ1) is 9.08. The number of hydrogen-bond acceptors (Lipinski definition) is 5. The fourth-order valence-electron chi connectivity index (χ4n) is 1.54. The van der Waals surface area contributed by atoms with E-state index in [0.29, 0.717) is 17.1 Å². The number of amidine groups is 1. The van der Waals surface area contributed by atoms with Crippen molar-refractivity contribution in [2.75, 3.05) is 0 Å². The van der Waals surface area contributed by atoms with Crippen LogP contribution in [0.15, 0.2) is 30.3 Å². The van der Waals surface area contributed by atoms with Gasteiger partial charge in [0.15, 0.2) is 0 Å². The summed E-state index contributed by atoms with van der Waals surface area (Å²) in [7, 11) is 0. The van der Waals surface area contributed by atoms with E-state index in [2.05, 4.69) is 9.97 Å². The molecule has 19 heavy (non-hydrogen) atoms. The number of rotatable bonds is 4. The highest BCUT2D eigenvalue weighted by Crippen LogP contribution is 2.19. The van der Waals surface area contributed by atoms with Crippen LogP contribution in [0.1, 0.15) is 17.0 Å². The Morgan fingerprint density at radius 1 is 1.37 bits per heavy atom. The molecule has 1 aromatic heterocycles. The van der Waals surface area contributed by atoms with E-state index in [-0.39, 0.29) is 18.5 Å². The molecule has 0 atom stereocenters. The number of nitrogens with one attached hydrogen (secondary N) is 1. The lowest BCUT2D eigenvalue weighted by molar-refractivity contribution is 0.281.